The molecule has 0 N–H and O–H groups in total. The largest absolute Gasteiger partial charge is 0.452 e. The van der Waals surface area contributed by atoms with E-state index in [2.05, 4.69) is 109 Å². The van der Waals surface area contributed by atoms with Gasteiger partial charge in [-0.1, -0.05) is 115 Å². The van der Waals surface area contributed by atoms with Gasteiger partial charge in [-0.15, -0.1) is 22.7 Å². The standard InChI is InChI=1S/C49H27N5OS2/c1-3-13-28(14-4-1)43-45-44(31-17-7-9-21-36(31)55-45)51-47(50-43)30-25-26-38-35(27-30)42-34(20-12-24-40(42)57-38)49-53-46(29-15-5-2-6-16-29)52-48(54-49)33-19-11-23-39-41(33)32-18-8-10-22-37(32)56-39/h1-27H. The van der Waals surface area contributed by atoms with E-state index in [9.17, 15) is 0 Å². The van der Waals surface area contributed by atoms with Crippen molar-refractivity contribution in [3.63, 3.8) is 0 Å². The minimum absolute atomic E-state index is 0.625. The second kappa shape index (κ2) is 12.7. The quantitative estimate of drug-likeness (QED) is 0.174. The summed E-state index contributed by atoms with van der Waals surface area (Å²) in [6.07, 6.45) is 0. The van der Waals surface area contributed by atoms with Gasteiger partial charge in [0, 0.05) is 73.5 Å². The number of thiophene rings is 2. The van der Waals surface area contributed by atoms with Crippen molar-refractivity contribution in [2.45, 2.75) is 0 Å². The zero-order valence-corrected chi connectivity index (χ0v) is 31.7. The normalized spacial score (nSPS) is 11.9. The Kier molecular flexibility index (Phi) is 7.17. The summed E-state index contributed by atoms with van der Waals surface area (Å²) in [6.45, 7) is 0. The van der Waals surface area contributed by atoms with Crippen LogP contribution in [-0.4, -0.2) is 24.9 Å². The Morgan fingerprint density at radius 2 is 0.930 bits per heavy atom. The van der Waals surface area contributed by atoms with E-state index in [-0.39, 0.29) is 0 Å². The van der Waals surface area contributed by atoms with E-state index in [0.717, 1.165) is 75.6 Å². The van der Waals surface area contributed by atoms with E-state index in [1.54, 1.807) is 22.7 Å². The minimum atomic E-state index is 0.625. The van der Waals surface area contributed by atoms with Crippen molar-refractivity contribution in [1.29, 1.82) is 0 Å². The predicted molar refractivity (Wildman–Crippen MR) is 236 cm³/mol. The number of fused-ring (bicyclic) bond motifs is 9. The van der Waals surface area contributed by atoms with Crippen molar-refractivity contribution < 1.29 is 4.42 Å². The Labute approximate surface area is 333 Å². The SMILES string of the molecule is c1ccc(-c2nc(-c3cccc4sc5ccccc5c34)nc(-c3cccc4sc5ccc(-c6nc(-c7ccccc7)c7oc8ccccc8c7n6)cc5c34)n2)cc1. The van der Waals surface area contributed by atoms with Gasteiger partial charge in [-0.2, -0.15) is 0 Å². The lowest BCUT2D eigenvalue weighted by Crippen LogP contribution is -2.00. The summed E-state index contributed by atoms with van der Waals surface area (Å²) in [5.74, 6) is 2.54. The number of hydrogen-bond donors (Lipinski definition) is 0. The van der Waals surface area contributed by atoms with Crippen molar-refractivity contribution in [1.82, 2.24) is 24.9 Å². The van der Waals surface area contributed by atoms with E-state index in [0.29, 0.717) is 28.9 Å². The molecule has 0 atom stereocenters. The van der Waals surface area contributed by atoms with Crippen LogP contribution < -0.4 is 0 Å². The number of benzene rings is 7. The summed E-state index contributed by atoms with van der Waals surface area (Å²) in [5.41, 5.74) is 7.79. The van der Waals surface area contributed by atoms with Crippen LogP contribution in [0.25, 0.3) is 119 Å². The van der Waals surface area contributed by atoms with Crippen LogP contribution in [0.3, 0.4) is 0 Å². The number of para-hydroxylation sites is 1. The summed E-state index contributed by atoms with van der Waals surface area (Å²) in [4.78, 5) is 26.0. The summed E-state index contributed by atoms with van der Waals surface area (Å²) in [5, 5.41) is 5.51. The van der Waals surface area contributed by atoms with Crippen molar-refractivity contribution >= 4 is 85.1 Å². The molecule has 0 aliphatic heterocycles. The molecule has 0 bridgehead atoms. The van der Waals surface area contributed by atoms with Crippen LogP contribution in [-0.2, 0) is 0 Å². The third-order valence-electron chi connectivity index (χ3n) is 10.6. The fourth-order valence-electron chi connectivity index (χ4n) is 7.96. The summed E-state index contributed by atoms with van der Waals surface area (Å²) >= 11 is 3.55. The first-order valence-electron chi connectivity index (χ1n) is 18.7. The van der Waals surface area contributed by atoms with E-state index in [1.165, 1.54) is 14.8 Å². The van der Waals surface area contributed by atoms with Gasteiger partial charge in [0.15, 0.2) is 28.9 Å². The molecule has 5 heterocycles. The average molecular weight is 766 g/mol. The molecule has 266 valence electrons. The Bertz CT molecular complexity index is 3540. The fourth-order valence-corrected chi connectivity index (χ4v) is 10.2. The highest BCUT2D eigenvalue weighted by molar-refractivity contribution is 7.26. The second-order valence-electron chi connectivity index (χ2n) is 14.0. The van der Waals surface area contributed by atoms with Gasteiger partial charge in [0.1, 0.15) is 16.8 Å². The van der Waals surface area contributed by atoms with Gasteiger partial charge in [0.25, 0.3) is 0 Å². The summed E-state index contributed by atoms with van der Waals surface area (Å²) in [6, 6.07) is 56.3. The fraction of sp³-hybridized carbons (Fsp3) is 0. The molecule has 0 aliphatic rings. The van der Waals surface area contributed by atoms with Crippen molar-refractivity contribution in [2.75, 3.05) is 0 Å². The first-order chi connectivity index (χ1) is 28.2. The highest BCUT2D eigenvalue weighted by Gasteiger charge is 2.22. The van der Waals surface area contributed by atoms with Gasteiger partial charge in [0.2, 0.25) is 0 Å². The van der Waals surface area contributed by atoms with Crippen molar-refractivity contribution in [2.24, 2.45) is 0 Å². The van der Waals surface area contributed by atoms with Crippen molar-refractivity contribution in [3.8, 4) is 56.8 Å². The van der Waals surface area contributed by atoms with Crippen molar-refractivity contribution in [3.05, 3.63) is 164 Å². The third kappa shape index (κ3) is 5.19. The van der Waals surface area contributed by atoms with Gasteiger partial charge in [0.05, 0.1) is 0 Å². The first-order valence-corrected chi connectivity index (χ1v) is 20.3. The van der Waals surface area contributed by atoms with Gasteiger partial charge < -0.3 is 4.42 Å². The molecule has 7 aromatic carbocycles. The number of hydrogen-bond acceptors (Lipinski definition) is 8. The number of nitrogens with zero attached hydrogens (tertiary/aromatic N) is 5. The molecule has 0 saturated heterocycles. The molecule has 57 heavy (non-hydrogen) atoms. The Morgan fingerprint density at radius 1 is 0.368 bits per heavy atom. The molecule has 0 fully saturated rings. The molecular weight excluding hydrogens is 739 g/mol. The van der Waals surface area contributed by atoms with Gasteiger partial charge >= 0.3 is 0 Å². The van der Waals surface area contributed by atoms with Crippen LogP contribution in [0.2, 0.25) is 0 Å². The highest BCUT2D eigenvalue weighted by atomic mass is 32.1. The molecule has 0 amide bonds. The zero-order valence-electron chi connectivity index (χ0n) is 30.0. The molecule has 8 heteroatoms. The Morgan fingerprint density at radius 3 is 1.67 bits per heavy atom. The summed E-state index contributed by atoms with van der Waals surface area (Å²) in [7, 11) is 0. The van der Waals surface area contributed by atoms with E-state index in [4.69, 9.17) is 29.3 Å². The predicted octanol–water partition coefficient (Wildman–Crippen LogP) is 13.6. The van der Waals surface area contributed by atoms with E-state index < -0.39 is 0 Å². The monoisotopic (exact) mass is 765 g/mol. The number of aromatic nitrogens is 5. The summed E-state index contributed by atoms with van der Waals surface area (Å²) < 4.78 is 11.1. The molecule has 0 radical (unpaired) electrons. The highest BCUT2D eigenvalue weighted by Crippen LogP contribution is 2.44. The molecule has 5 aromatic heterocycles. The number of furan rings is 1. The first kappa shape index (κ1) is 32.1. The van der Waals surface area contributed by atoms with Crippen LogP contribution in [0.15, 0.2) is 168 Å². The lowest BCUT2D eigenvalue weighted by atomic mass is 10.0. The molecule has 12 aromatic rings. The van der Waals surface area contributed by atoms with Crippen LogP contribution in [0, 0.1) is 0 Å². The third-order valence-corrected chi connectivity index (χ3v) is 12.8. The molecule has 0 saturated carbocycles. The average Bonchev–Trinajstić information content (AvgIpc) is 3.97. The van der Waals surface area contributed by atoms with Gasteiger partial charge in [-0.3, -0.25) is 0 Å². The number of rotatable bonds is 5. The molecule has 0 unspecified atom stereocenters. The Balaban J connectivity index is 1.09. The molecular formula is C49H27N5OS2. The van der Waals surface area contributed by atoms with E-state index in [1.807, 2.05) is 54.6 Å². The van der Waals surface area contributed by atoms with Crippen LogP contribution in [0.4, 0.5) is 0 Å². The Hall–Kier alpha value is -7.13. The topological polar surface area (TPSA) is 77.6 Å². The molecule has 6 nitrogen and oxygen atoms in total. The second-order valence-corrected chi connectivity index (χ2v) is 16.1. The maximum atomic E-state index is 6.39. The van der Waals surface area contributed by atoms with Crippen LogP contribution >= 0.6 is 22.7 Å². The maximum Gasteiger partial charge on any atom is 0.180 e. The minimum Gasteiger partial charge on any atom is -0.452 e. The molecule has 0 spiro atoms. The molecule has 0 aliphatic carbocycles. The van der Waals surface area contributed by atoms with Gasteiger partial charge in [-0.05, 0) is 48.5 Å². The van der Waals surface area contributed by atoms with Gasteiger partial charge in [-0.25, -0.2) is 24.9 Å². The zero-order chi connectivity index (χ0) is 37.5. The lowest BCUT2D eigenvalue weighted by molar-refractivity contribution is 0.667. The van der Waals surface area contributed by atoms with E-state index >= 15 is 0 Å². The van der Waals surface area contributed by atoms with Crippen LogP contribution in [0.5, 0.6) is 0 Å². The van der Waals surface area contributed by atoms with Crippen LogP contribution in [0.1, 0.15) is 0 Å². The maximum absolute atomic E-state index is 6.39. The smallest absolute Gasteiger partial charge is 0.180 e. The molecule has 12 rings (SSSR count). The lowest BCUT2D eigenvalue weighted by Gasteiger charge is -2.11.